The van der Waals surface area contributed by atoms with Gasteiger partial charge in [0.15, 0.2) is 5.69 Å². The zero-order valence-corrected chi connectivity index (χ0v) is 19.3. The maximum Gasteiger partial charge on any atom is 0.296 e. The number of benzene rings is 1. The predicted octanol–water partition coefficient (Wildman–Crippen LogP) is 2.07. The zero-order valence-electron chi connectivity index (χ0n) is 18.5. The third-order valence-corrected chi connectivity index (χ3v) is 5.84. The van der Waals surface area contributed by atoms with Crippen LogP contribution in [0.25, 0.3) is 0 Å². The molecule has 2 amide bonds. The number of halogens is 1. The molecule has 0 saturated carbocycles. The minimum absolute atomic E-state index is 0.107. The van der Waals surface area contributed by atoms with E-state index in [2.05, 4.69) is 25.1 Å². The summed E-state index contributed by atoms with van der Waals surface area (Å²) in [7, 11) is 1.41. The van der Waals surface area contributed by atoms with Crippen LogP contribution in [0.1, 0.15) is 51.2 Å². The summed E-state index contributed by atoms with van der Waals surface area (Å²) < 4.78 is 7.19. The molecule has 35 heavy (non-hydrogen) atoms. The molecule has 3 heterocycles. The first-order chi connectivity index (χ1) is 16.7. The molecule has 3 aromatic heterocycles. The summed E-state index contributed by atoms with van der Waals surface area (Å²) in [6.45, 7) is 1.72. The van der Waals surface area contributed by atoms with Crippen LogP contribution in [0.2, 0.25) is 5.02 Å². The van der Waals surface area contributed by atoms with Crippen molar-refractivity contribution in [2.75, 3.05) is 5.32 Å². The Bertz CT molecular complexity index is 1460. The van der Waals surface area contributed by atoms with Gasteiger partial charge in [0, 0.05) is 24.2 Å². The highest BCUT2D eigenvalue weighted by Gasteiger charge is 2.32. The number of hydrogen-bond acceptors (Lipinski definition) is 8. The number of nitrogens with two attached hydrogens (primary N) is 1. The van der Waals surface area contributed by atoms with E-state index in [4.69, 9.17) is 17.3 Å². The minimum Gasteiger partial charge on any atom is -0.501 e. The standard InChI is InChI=1S/C22H20ClN7O5/c1-11(17(13-5-3-4-6-14(13)23)30-15(19(24)32)7-8-25-30)20-28-16(18(31)22(34)29(20)2)21(33)27-12-9-26-35-10-12/h3-11,17,31H,1-2H3,(H2,24,32)(H,27,33)/t11-,17+/m1/s1. The summed E-state index contributed by atoms with van der Waals surface area (Å²) in [4.78, 5) is 42.0. The topological polar surface area (TPSA) is 171 Å². The second-order valence-corrected chi connectivity index (χ2v) is 8.09. The number of carbonyl (C=O) groups is 2. The normalized spacial score (nSPS) is 12.8. The summed E-state index contributed by atoms with van der Waals surface area (Å²) in [5.41, 5.74) is 5.11. The molecular formula is C22H20ClN7O5. The Kier molecular flexibility index (Phi) is 6.38. The number of aromatic nitrogens is 5. The third-order valence-electron chi connectivity index (χ3n) is 5.50. The number of nitrogens with one attached hydrogen (secondary N) is 1. The number of hydrogen-bond donors (Lipinski definition) is 3. The van der Waals surface area contributed by atoms with Crippen LogP contribution in [0.3, 0.4) is 0 Å². The monoisotopic (exact) mass is 497 g/mol. The molecule has 4 aromatic rings. The quantitative estimate of drug-likeness (QED) is 0.348. The number of aromatic hydroxyl groups is 1. The maximum atomic E-state index is 12.8. The minimum atomic E-state index is -0.844. The van der Waals surface area contributed by atoms with Crippen LogP contribution in [-0.2, 0) is 7.05 Å². The van der Waals surface area contributed by atoms with Crippen LogP contribution in [0.15, 0.2) is 58.3 Å². The number of primary amides is 1. The van der Waals surface area contributed by atoms with Crippen molar-refractivity contribution < 1.29 is 19.2 Å². The molecule has 4 N–H and O–H groups in total. The molecule has 180 valence electrons. The molecule has 2 atom stereocenters. The predicted molar refractivity (Wildman–Crippen MR) is 124 cm³/mol. The van der Waals surface area contributed by atoms with Crippen LogP contribution in [-0.4, -0.2) is 41.4 Å². The largest absolute Gasteiger partial charge is 0.501 e. The van der Waals surface area contributed by atoms with Crippen LogP contribution in [0.4, 0.5) is 5.69 Å². The lowest BCUT2D eigenvalue weighted by atomic mass is 9.93. The zero-order chi connectivity index (χ0) is 25.3. The molecule has 0 unspecified atom stereocenters. The summed E-state index contributed by atoms with van der Waals surface area (Å²) in [5, 5.41) is 21.0. The molecule has 4 rings (SSSR count). The molecule has 0 bridgehead atoms. The first-order valence-corrected chi connectivity index (χ1v) is 10.7. The van der Waals surface area contributed by atoms with Crippen LogP contribution < -0.4 is 16.6 Å². The highest BCUT2D eigenvalue weighted by Crippen LogP contribution is 2.37. The van der Waals surface area contributed by atoms with Crippen molar-refractivity contribution in [1.82, 2.24) is 24.5 Å². The number of rotatable bonds is 7. The fourth-order valence-electron chi connectivity index (χ4n) is 3.83. The molecular weight excluding hydrogens is 478 g/mol. The van der Waals surface area contributed by atoms with Gasteiger partial charge in [-0.15, -0.1) is 0 Å². The smallest absolute Gasteiger partial charge is 0.296 e. The molecule has 0 aliphatic carbocycles. The van der Waals surface area contributed by atoms with Crippen LogP contribution in [0, 0.1) is 0 Å². The van der Waals surface area contributed by atoms with Gasteiger partial charge in [-0.1, -0.05) is 41.9 Å². The van der Waals surface area contributed by atoms with Crippen molar-refractivity contribution in [3.63, 3.8) is 0 Å². The van der Waals surface area contributed by atoms with E-state index in [1.165, 1.54) is 36.5 Å². The van der Waals surface area contributed by atoms with Crippen molar-refractivity contribution in [2.45, 2.75) is 18.9 Å². The van der Waals surface area contributed by atoms with Crippen molar-refractivity contribution in [3.8, 4) is 5.75 Å². The number of amides is 2. The molecule has 12 nitrogen and oxygen atoms in total. The van der Waals surface area contributed by atoms with Gasteiger partial charge in [0.25, 0.3) is 17.4 Å². The van der Waals surface area contributed by atoms with E-state index >= 15 is 0 Å². The van der Waals surface area contributed by atoms with E-state index in [0.29, 0.717) is 10.6 Å². The lowest BCUT2D eigenvalue weighted by molar-refractivity contribution is 0.0986. The first kappa shape index (κ1) is 23.7. The van der Waals surface area contributed by atoms with Crippen molar-refractivity contribution in [3.05, 3.63) is 87.1 Å². The Morgan fingerprint density at radius 2 is 2.00 bits per heavy atom. The SMILES string of the molecule is C[C@@H](c1nc(C(=O)Nc2cnoc2)c(O)c(=O)n1C)[C@@H](c1ccccc1Cl)n1nccc1C(N)=O. The molecule has 1 aromatic carbocycles. The Hall–Kier alpha value is -4.45. The lowest BCUT2D eigenvalue weighted by Crippen LogP contribution is -2.32. The molecule has 0 saturated heterocycles. The van der Waals surface area contributed by atoms with Gasteiger partial charge in [0.05, 0.1) is 12.2 Å². The highest BCUT2D eigenvalue weighted by molar-refractivity contribution is 6.31. The molecule has 0 radical (unpaired) electrons. The lowest BCUT2D eigenvalue weighted by Gasteiger charge is -2.28. The van der Waals surface area contributed by atoms with E-state index < -0.39 is 40.8 Å². The van der Waals surface area contributed by atoms with E-state index in [1.807, 2.05) is 0 Å². The summed E-state index contributed by atoms with van der Waals surface area (Å²) >= 11 is 6.49. The second-order valence-electron chi connectivity index (χ2n) is 7.68. The fraction of sp³-hybridized carbons (Fsp3) is 0.182. The Labute approximate surface area is 202 Å². The van der Waals surface area contributed by atoms with E-state index in [0.717, 1.165) is 4.57 Å². The molecule has 0 aliphatic rings. The van der Waals surface area contributed by atoms with Crippen molar-refractivity contribution in [2.24, 2.45) is 12.8 Å². The van der Waals surface area contributed by atoms with E-state index in [1.54, 1.807) is 31.2 Å². The molecule has 13 heteroatoms. The summed E-state index contributed by atoms with van der Waals surface area (Å²) in [6, 6.07) is 7.62. The van der Waals surface area contributed by atoms with Gasteiger partial charge in [-0.25, -0.2) is 4.98 Å². The highest BCUT2D eigenvalue weighted by atomic mass is 35.5. The average Bonchev–Trinajstić information content (AvgIpc) is 3.51. The Morgan fingerprint density at radius 3 is 2.66 bits per heavy atom. The molecule has 0 fully saturated rings. The van der Waals surface area contributed by atoms with Gasteiger partial charge < -0.3 is 20.7 Å². The van der Waals surface area contributed by atoms with E-state index in [9.17, 15) is 19.5 Å². The van der Waals surface area contributed by atoms with E-state index in [-0.39, 0.29) is 17.2 Å². The number of anilines is 1. The maximum absolute atomic E-state index is 12.8. The van der Waals surface area contributed by atoms with Gasteiger partial charge in [0.2, 0.25) is 5.75 Å². The average molecular weight is 498 g/mol. The first-order valence-electron chi connectivity index (χ1n) is 10.3. The number of nitrogens with zero attached hydrogens (tertiary/aromatic N) is 5. The van der Waals surface area contributed by atoms with Crippen molar-refractivity contribution >= 4 is 29.1 Å². The van der Waals surface area contributed by atoms with Gasteiger partial charge >= 0.3 is 0 Å². The van der Waals surface area contributed by atoms with Gasteiger partial charge in [0.1, 0.15) is 23.5 Å². The molecule has 0 aliphatic heterocycles. The Morgan fingerprint density at radius 1 is 1.26 bits per heavy atom. The fourth-order valence-corrected chi connectivity index (χ4v) is 4.08. The van der Waals surface area contributed by atoms with Crippen molar-refractivity contribution in [1.29, 1.82) is 0 Å². The third kappa shape index (κ3) is 4.38. The van der Waals surface area contributed by atoms with Crippen LogP contribution >= 0.6 is 11.6 Å². The summed E-state index contributed by atoms with van der Waals surface area (Å²) in [5.74, 6) is -2.95. The number of carbonyl (C=O) groups excluding carboxylic acids is 2. The van der Waals surface area contributed by atoms with Gasteiger partial charge in [-0.2, -0.15) is 5.10 Å². The van der Waals surface area contributed by atoms with Crippen LogP contribution in [0.5, 0.6) is 5.75 Å². The van der Waals surface area contributed by atoms with Gasteiger partial charge in [-0.05, 0) is 17.7 Å². The second kappa shape index (κ2) is 9.43. The van der Waals surface area contributed by atoms with Gasteiger partial charge in [-0.3, -0.25) is 23.6 Å². The Balaban J connectivity index is 1.88. The summed E-state index contributed by atoms with van der Waals surface area (Å²) in [6.07, 6.45) is 3.84. The molecule has 0 spiro atoms.